The van der Waals surface area contributed by atoms with Gasteiger partial charge in [-0.3, -0.25) is 4.90 Å². The number of hydrogen-bond donors (Lipinski definition) is 1. The van der Waals surface area contributed by atoms with Crippen molar-refractivity contribution in [1.82, 2.24) is 9.80 Å². The summed E-state index contributed by atoms with van der Waals surface area (Å²) in [6, 6.07) is 9.43. The Morgan fingerprint density at radius 3 is 2.43 bits per heavy atom. The average molecular weight is 286 g/mol. The van der Waals surface area contributed by atoms with Crippen LogP contribution in [0.2, 0.25) is 0 Å². The van der Waals surface area contributed by atoms with Gasteiger partial charge in [-0.1, -0.05) is 24.3 Å². The molecule has 3 rings (SSSR count). The molecule has 21 heavy (non-hydrogen) atoms. The number of nitrogens with zero attached hydrogens (tertiary/aromatic N) is 3. The van der Waals surface area contributed by atoms with E-state index in [1.54, 1.807) is 0 Å². The predicted octanol–water partition coefficient (Wildman–Crippen LogP) is 2.19. The fourth-order valence-electron chi connectivity index (χ4n) is 2.88. The van der Waals surface area contributed by atoms with Crippen molar-refractivity contribution in [1.29, 1.82) is 0 Å². The van der Waals surface area contributed by atoms with Crippen LogP contribution in [0.5, 0.6) is 0 Å². The van der Waals surface area contributed by atoms with Gasteiger partial charge in [-0.15, -0.1) is 0 Å². The highest BCUT2D eigenvalue weighted by Gasteiger charge is 2.27. The van der Waals surface area contributed by atoms with Crippen LogP contribution < -0.4 is 5.73 Å². The van der Waals surface area contributed by atoms with Gasteiger partial charge in [-0.25, -0.2) is 4.99 Å². The molecule has 0 bridgehead atoms. The summed E-state index contributed by atoms with van der Waals surface area (Å²) in [6.45, 7) is 4.25. The zero-order chi connectivity index (χ0) is 14.7. The average Bonchev–Trinajstić information content (AvgIpc) is 3.23. The maximum Gasteiger partial charge on any atom is 0.191 e. The Morgan fingerprint density at radius 1 is 1.19 bits per heavy atom. The van der Waals surface area contributed by atoms with E-state index in [2.05, 4.69) is 39.1 Å². The standard InChI is InChI=1S/C17H26N4/c1-20(16-8-9-16)17(18)19-12-14-4-6-15(7-5-14)13-21-10-2-3-11-21/h4-7,16H,2-3,8-13H2,1H3,(H2,18,19). The molecule has 1 aromatic rings. The molecule has 2 fully saturated rings. The van der Waals surface area contributed by atoms with Gasteiger partial charge in [0.15, 0.2) is 5.96 Å². The summed E-state index contributed by atoms with van der Waals surface area (Å²) in [5.41, 5.74) is 8.64. The third-order valence-electron chi connectivity index (χ3n) is 4.51. The number of nitrogens with two attached hydrogens (primary N) is 1. The van der Waals surface area contributed by atoms with E-state index in [9.17, 15) is 0 Å². The number of rotatable bonds is 5. The van der Waals surface area contributed by atoms with Crippen molar-refractivity contribution in [2.45, 2.75) is 44.8 Å². The summed E-state index contributed by atoms with van der Waals surface area (Å²) < 4.78 is 0. The highest BCUT2D eigenvalue weighted by atomic mass is 15.3. The first-order valence-corrected chi connectivity index (χ1v) is 8.05. The van der Waals surface area contributed by atoms with E-state index in [-0.39, 0.29) is 0 Å². The van der Waals surface area contributed by atoms with Crippen molar-refractivity contribution in [2.24, 2.45) is 10.7 Å². The maximum atomic E-state index is 6.01. The number of likely N-dealkylation sites (tertiary alicyclic amines) is 1. The minimum Gasteiger partial charge on any atom is -0.370 e. The first-order chi connectivity index (χ1) is 10.2. The zero-order valence-electron chi connectivity index (χ0n) is 13.0. The molecule has 1 aromatic carbocycles. The lowest BCUT2D eigenvalue weighted by molar-refractivity contribution is 0.331. The van der Waals surface area contributed by atoms with Crippen molar-refractivity contribution in [2.75, 3.05) is 20.1 Å². The topological polar surface area (TPSA) is 44.9 Å². The van der Waals surface area contributed by atoms with Crippen molar-refractivity contribution >= 4 is 5.96 Å². The van der Waals surface area contributed by atoms with Crippen LogP contribution >= 0.6 is 0 Å². The zero-order valence-corrected chi connectivity index (χ0v) is 13.0. The molecule has 0 aromatic heterocycles. The first kappa shape index (κ1) is 14.4. The van der Waals surface area contributed by atoms with Crippen LogP contribution in [-0.2, 0) is 13.1 Å². The number of benzene rings is 1. The summed E-state index contributed by atoms with van der Waals surface area (Å²) in [4.78, 5) is 9.12. The summed E-state index contributed by atoms with van der Waals surface area (Å²) in [5.74, 6) is 0.665. The molecule has 1 saturated heterocycles. The molecule has 114 valence electrons. The van der Waals surface area contributed by atoms with Crippen LogP contribution in [0.3, 0.4) is 0 Å². The lowest BCUT2D eigenvalue weighted by atomic mass is 10.1. The number of guanidine groups is 1. The van der Waals surface area contributed by atoms with E-state index in [1.807, 2.05) is 7.05 Å². The highest BCUT2D eigenvalue weighted by Crippen LogP contribution is 2.25. The van der Waals surface area contributed by atoms with Crippen LogP contribution in [0, 0.1) is 0 Å². The van der Waals surface area contributed by atoms with Crippen LogP contribution in [-0.4, -0.2) is 41.9 Å². The second-order valence-corrected chi connectivity index (χ2v) is 6.32. The second-order valence-electron chi connectivity index (χ2n) is 6.32. The fraction of sp³-hybridized carbons (Fsp3) is 0.588. The lowest BCUT2D eigenvalue weighted by Gasteiger charge is -2.17. The Hall–Kier alpha value is -1.55. The van der Waals surface area contributed by atoms with Gasteiger partial charge >= 0.3 is 0 Å². The third-order valence-corrected chi connectivity index (χ3v) is 4.51. The minimum absolute atomic E-state index is 0.622. The van der Waals surface area contributed by atoms with E-state index in [0.717, 1.165) is 6.54 Å². The first-order valence-electron chi connectivity index (χ1n) is 8.05. The van der Waals surface area contributed by atoms with Gasteiger partial charge in [0.25, 0.3) is 0 Å². The molecule has 2 N–H and O–H groups in total. The Labute approximate surface area is 127 Å². The molecular weight excluding hydrogens is 260 g/mol. The molecule has 0 spiro atoms. The van der Waals surface area contributed by atoms with Gasteiger partial charge in [0.2, 0.25) is 0 Å². The van der Waals surface area contributed by atoms with Crippen molar-refractivity contribution in [3.63, 3.8) is 0 Å². The van der Waals surface area contributed by atoms with Crippen molar-refractivity contribution in [3.05, 3.63) is 35.4 Å². The van der Waals surface area contributed by atoms with E-state index >= 15 is 0 Å². The van der Waals surface area contributed by atoms with Gasteiger partial charge in [-0.2, -0.15) is 0 Å². The van der Waals surface area contributed by atoms with E-state index in [0.29, 0.717) is 18.5 Å². The maximum absolute atomic E-state index is 6.01. The third kappa shape index (κ3) is 3.97. The smallest absolute Gasteiger partial charge is 0.191 e. The highest BCUT2D eigenvalue weighted by molar-refractivity contribution is 5.78. The molecule has 0 atom stereocenters. The normalized spacial score (nSPS) is 20.0. The quantitative estimate of drug-likeness (QED) is 0.666. The van der Waals surface area contributed by atoms with Crippen molar-refractivity contribution in [3.8, 4) is 0 Å². The van der Waals surface area contributed by atoms with Gasteiger partial charge in [0, 0.05) is 19.6 Å². The number of hydrogen-bond acceptors (Lipinski definition) is 2. The molecule has 4 heteroatoms. The summed E-state index contributed by atoms with van der Waals surface area (Å²) in [7, 11) is 2.04. The van der Waals surface area contributed by atoms with E-state index in [4.69, 9.17) is 5.73 Å². The van der Waals surface area contributed by atoms with Gasteiger partial charge in [0.1, 0.15) is 0 Å². The Balaban J connectivity index is 1.52. The molecule has 0 unspecified atom stereocenters. The number of aliphatic imine (C=N–C) groups is 1. The molecule has 0 radical (unpaired) electrons. The molecule has 1 aliphatic carbocycles. The van der Waals surface area contributed by atoms with Crippen LogP contribution in [0.25, 0.3) is 0 Å². The lowest BCUT2D eigenvalue weighted by Crippen LogP contribution is -2.35. The molecule has 0 amide bonds. The predicted molar refractivity (Wildman–Crippen MR) is 87.1 cm³/mol. The van der Waals surface area contributed by atoms with E-state index < -0.39 is 0 Å². The Kier molecular flexibility index (Phi) is 4.44. The summed E-state index contributed by atoms with van der Waals surface area (Å²) >= 11 is 0. The van der Waals surface area contributed by atoms with Gasteiger partial charge in [-0.05, 0) is 49.9 Å². The molecule has 1 heterocycles. The largest absolute Gasteiger partial charge is 0.370 e. The molecule has 4 nitrogen and oxygen atoms in total. The molecular formula is C17H26N4. The molecule has 1 saturated carbocycles. The van der Waals surface area contributed by atoms with Gasteiger partial charge < -0.3 is 10.6 Å². The summed E-state index contributed by atoms with van der Waals surface area (Å²) in [6.07, 6.45) is 5.19. The van der Waals surface area contributed by atoms with Gasteiger partial charge in [0.05, 0.1) is 6.54 Å². The minimum atomic E-state index is 0.622. The summed E-state index contributed by atoms with van der Waals surface area (Å²) in [5, 5.41) is 0. The van der Waals surface area contributed by atoms with Crippen LogP contribution in [0.15, 0.2) is 29.3 Å². The monoisotopic (exact) mass is 286 g/mol. The van der Waals surface area contributed by atoms with Crippen LogP contribution in [0.1, 0.15) is 36.8 Å². The molecule has 1 aliphatic heterocycles. The SMILES string of the molecule is CN(C(N)=NCc1ccc(CN2CCCC2)cc1)C1CC1. The fourth-order valence-corrected chi connectivity index (χ4v) is 2.88. The molecule has 2 aliphatic rings. The van der Waals surface area contributed by atoms with Crippen molar-refractivity contribution < 1.29 is 0 Å². The second kappa shape index (κ2) is 6.48. The van der Waals surface area contributed by atoms with Crippen LogP contribution in [0.4, 0.5) is 0 Å². The Bertz CT molecular complexity index is 484. The Morgan fingerprint density at radius 2 is 1.81 bits per heavy atom. The van der Waals surface area contributed by atoms with E-state index in [1.165, 1.54) is 49.9 Å².